The normalized spacial score (nSPS) is 14.4. The fraction of sp³-hybridized carbons (Fsp3) is 0.176. The Balaban J connectivity index is 1.60. The molecular weight excluding hydrogens is 408 g/mol. The van der Waals surface area contributed by atoms with Gasteiger partial charge in [0.05, 0.1) is 10.6 Å². The van der Waals surface area contributed by atoms with Crippen LogP contribution >= 0.6 is 22.9 Å². The lowest BCUT2D eigenvalue weighted by Crippen LogP contribution is -2.26. The number of hydrogen-bond acceptors (Lipinski definition) is 5. The second-order valence-electron chi connectivity index (χ2n) is 5.91. The first-order chi connectivity index (χ1) is 12.9. The topological polar surface area (TPSA) is 83.8 Å². The molecule has 0 unspecified atom stereocenters. The quantitative estimate of drug-likeness (QED) is 0.655. The van der Waals surface area contributed by atoms with Crippen LogP contribution in [0.15, 0.2) is 40.7 Å². The monoisotopic (exact) mass is 422 g/mol. The molecule has 10 heteroatoms. The second kappa shape index (κ2) is 6.75. The number of fused-ring (bicyclic) bond motifs is 2. The second-order valence-corrected chi connectivity index (χ2v) is 9.03. The summed E-state index contributed by atoms with van der Waals surface area (Å²) in [6.07, 6.45) is 5.55. The van der Waals surface area contributed by atoms with Crippen LogP contribution in [0, 0.1) is 0 Å². The van der Waals surface area contributed by atoms with Gasteiger partial charge in [0.15, 0.2) is 10.1 Å². The molecule has 1 amide bonds. The zero-order valence-electron chi connectivity index (χ0n) is 14.2. The van der Waals surface area contributed by atoms with Crippen LogP contribution in [0.1, 0.15) is 11.3 Å². The Hall–Kier alpha value is -2.20. The van der Waals surface area contributed by atoms with Crippen LogP contribution < -0.4 is 9.62 Å². The number of benzene rings is 1. The molecule has 3 aromatic rings. The molecule has 0 atom stereocenters. The SMILES string of the molecule is CNS(=O)(=O)c1ccc2c(c1)CCN2C(=O)/C=C/c1c(Cl)nc2sccn12. The predicted molar refractivity (Wildman–Crippen MR) is 106 cm³/mol. The van der Waals surface area contributed by atoms with E-state index in [2.05, 4.69) is 9.71 Å². The smallest absolute Gasteiger partial charge is 0.251 e. The van der Waals surface area contributed by atoms with Crippen LogP contribution in [0.2, 0.25) is 5.15 Å². The number of carbonyl (C=O) groups excluding carboxylic acids is 1. The van der Waals surface area contributed by atoms with E-state index in [-0.39, 0.29) is 10.8 Å². The third-order valence-electron chi connectivity index (χ3n) is 4.43. The molecule has 1 aromatic carbocycles. The molecule has 3 heterocycles. The van der Waals surface area contributed by atoms with Gasteiger partial charge in [0.25, 0.3) is 5.91 Å². The number of sulfonamides is 1. The fourth-order valence-electron chi connectivity index (χ4n) is 3.06. The molecular formula is C17H15ClN4O3S2. The van der Waals surface area contributed by atoms with E-state index in [0.29, 0.717) is 23.8 Å². The van der Waals surface area contributed by atoms with Crippen molar-refractivity contribution >= 4 is 55.6 Å². The average Bonchev–Trinajstić information content (AvgIpc) is 3.34. The average molecular weight is 423 g/mol. The van der Waals surface area contributed by atoms with Gasteiger partial charge >= 0.3 is 0 Å². The molecule has 0 fully saturated rings. The van der Waals surface area contributed by atoms with Gasteiger partial charge in [-0.3, -0.25) is 9.20 Å². The summed E-state index contributed by atoms with van der Waals surface area (Å²) in [7, 11) is -2.14. The first-order valence-corrected chi connectivity index (χ1v) is 10.8. The van der Waals surface area contributed by atoms with E-state index < -0.39 is 10.0 Å². The van der Waals surface area contributed by atoms with Crippen LogP contribution in [-0.4, -0.2) is 37.3 Å². The molecule has 4 rings (SSSR count). The van der Waals surface area contributed by atoms with Crippen molar-refractivity contribution in [3.8, 4) is 0 Å². The summed E-state index contributed by atoms with van der Waals surface area (Å²) in [4.78, 5) is 19.5. The number of hydrogen-bond donors (Lipinski definition) is 1. The number of imidazole rings is 1. The zero-order valence-corrected chi connectivity index (χ0v) is 16.6. The van der Waals surface area contributed by atoms with Crippen molar-refractivity contribution in [2.75, 3.05) is 18.5 Å². The number of halogens is 1. The maximum atomic E-state index is 12.7. The Morgan fingerprint density at radius 2 is 2.22 bits per heavy atom. The lowest BCUT2D eigenvalue weighted by Gasteiger charge is -2.15. The summed E-state index contributed by atoms with van der Waals surface area (Å²) < 4.78 is 28.0. The minimum absolute atomic E-state index is 0.194. The van der Waals surface area contributed by atoms with E-state index in [0.717, 1.165) is 16.2 Å². The molecule has 1 N–H and O–H groups in total. The number of nitrogens with one attached hydrogen (secondary N) is 1. The highest BCUT2D eigenvalue weighted by molar-refractivity contribution is 7.89. The van der Waals surface area contributed by atoms with Crippen LogP contribution in [-0.2, 0) is 21.2 Å². The molecule has 27 heavy (non-hydrogen) atoms. The number of nitrogens with zero attached hydrogens (tertiary/aromatic N) is 3. The third-order valence-corrected chi connectivity index (χ3v) is 6.88. The summed E-state index contributed by atoms with van der Waals surface area (Å²) in [6, 6.07) is 4.78. The number of thiazole rings is 1. The van der Waals surface area contributed by atoms with Gasteiger partial charge in [-0.15, -0.1) is 11.3 Å². The zero-order chi connectivity index (χ0) is 19.2. The Labute approximate surface area is 164 Å². The van der Waals surface area contributed by atoms with Crippen LogP contribution in [0.4, 0.5) is 5.69 Å². The number of anilines is 1. The highest BCUT2D eigenvalue weighted by Crippen LogP contribution is 2.30. The van der Waals surface area contributed by atoms with Gasteiger partial charge in [0, 0.05) is 29.9 Å². The number of amides is 1. The van der Waals surface area contributed by atoms with Crippen LogP contribution in [0.5, 0.6) is 0 Å². The third kappa shape index (κ3) is 3.16. The molecule has 0 saturated heterocycles. The summed E-state index contributed by atoms with van der Waals surface area (Å²) in [6.45, 7) is 0.496. The maximum Gasteiger partial charge on any atom is 0.251 e. The van der Waals surface area contributed by atoms with E-state index in [1.165, 1.54) is 30.5 Å². The van der Waals surface area contributed by atoms with Gasteiger partial charge in [-0.1, -0.05) is 11.6 Å². The lowest BCUT2D eigenvalue weighted by molar-refractivity contribution is -0.114. The van der Waals surface area contributed by atoms with Crippen molar-refractivity contribution < 1.29 is 13.2 Å². The molecule has 2 aromatic heterocycles. The summed E-state index contributed by atoms with van der Waals surface area (Å²) >= 11 is 7.60. The summed E-state index contributed by atoms with van der Waals surface area (Å²) in [5, 5.41) is 2.24. The molecule has 0 saturated carbocycles. The van der Waals surface area contributed by atoms with Crippen molar-refractivity contribution in [2.45, 2.75) is 11.3 Å². The summed E-state index contributed by atoms with van der Waals surface area (Å²) in [5.74, 6) is -0.195. The molecule has 140 valence electrons. The van der Waals surface area contributed by atoms with E-state index in [1.54, 1.807) is 23.1 Å². The highest BCUT2D eigenvalue weighted by Gasteiger charge is 2.25. The van der Waals surface area contributed by atoms with Gasteiger partial charge in [0.2, 0.25) is 10.0 Å². The van der Waals surface area contributed by atoms with Crippen molar-refractivity contribution in [2.24, 2.45) is 0 Å². The molecule has 0 aliphatic carbocycles. The number of rotatable bonds is 4. The minimum Gasteiger partial charge on any atom is -0.308 e. The minimum atomic E-state index is -3.51. The highest BCUT2D eigenvalue weighted by atomic mass is 35.5. The fourth-order valence-corrected chi connectivity index (χ4v) is 4.84. The number of carbonyl (C=O) groups is 1. The van der Waals surface area contributed by atoms with Crippen molar-refractivity contribution in [3.63, 3.8) is 0 Å². The van der Waals surface area contributed by atoms with Crippen LogP contribution in [0.3, 0.4) is 0 Å². The molecule has 0 radical (unpaired) electrons. The Morgan fingerprint density at radius 3 is 3.00 bits per heavy atom. The first-order valence-electron chi connectivity index (χ1n) is 8.08. The molecule has 0 bridgehead atoms. The van der Waals surface area contributed by atoms with Crippen LogP contribution in [0.25, 0.3) is 11.0 Å². The lowest BCUT2D eigenvalue weighted by atomic mass is 10.2. The van der Waals surface area contributed by atoms with Gasteiger partial charge in [-0.25, -0.2) is 18.1 Å². The van der Waals surface area contributed by atoms with E-state index >= 15 is 0 Å². The van der Waals surface area contributed by atoms with Gasteiger partial charge < -0.3 is 4.90 Å². The Morgan fingerprint density at radius 1 is 1.41 bits per heavy atom. The van der Waals surface area contributed by atoms with Crippen molar-refractivity contribution in [1.29, 1.82) is 0 Å². The van der Waals surface area contributed by atoms with Gasteiger partial charge in [-0.05, 0) is 43.3 Å². The summed E-state index contributed by atoms with van der Waals surface area (Å²) in [5.41, 5.74) is 2.20. The molecule has 1 aliphatic heterocycles. The molecule has 7 nitrogen and oxygen atoms in total. The van der Waals surface area contributed by atoms with Crippen molar-refractivity contribution in [1.82, 2.24) is 14.1 Å². The first kappa shape index (κ1) is 18.2. The Kier molecular flexibility index (Phi) is 4.55. The maximum absolute atomic E-state index is 12.7. The van der Waals surface area contributed by atoms with E-state index in [9.17, 15) is 13.2 Å². The van der Waals surface area contributed by atoms with E-state index in [4.69, 9.17) is 11.6 Å². The van der Waals surface area contributed by atoms with Gasteiger partial charge in [-0.2, -0.15) is 0 Å². The molecule has 0 spiro atoms. The Bertz CT molecular complexity index is 1180. The van der Waals surface area contributed by atoms with E-state index in [1.807, 2.05) is 16.0 Å². The largest absolute Gasteiger partial charge is 0.308 e. The standard InChI is InChI=1S/C17H15ClN4O3S2/c1-19-27(24,25)12-2-3-13-11(10-12)6-7-21(13)15(23)5-4-14-16(18)20-17-22(14)8-9-26-17/h2-5,8-10,19H,6-7H2,1H3/b5-4+. The number of aromatic nitrogens is 2. The van der Waals surface area contributed by atoms with Crippen molar-refractivity contribution in [3.05, 3.63) is 52.3 Å². The predicted octanol–water partition coefficient (Wildman–Crippen LogP) is 2.56. The van der Waals surface area contributed by atoms with Gasteiger partial charge in [0.1, 0.15) is 0 Å². The molecule has 1 aliphatic rings.